The van der Waals surface area contributed by atoms with Crippen molar-refractivity contribution in [2.75, 3.05) is 7.05 Å². The van der Waals surface area contributed by atoms with Crippen LogP contribution in [0.15, 0.2) is 72.8 Å². The van der Waals surface area contributed by atoms with Crippen LogP contribution in [0.25, 0.3) is 0 Å². The number of halogens is 3. The van der Waals surface area contributed by atoms with Crippen molar-refractivity contribution in [1.29, 1.82) is 0 Å². The highest BCUT2D eigenvalue weighted by atomic mass is 19.4. The molecule has 3 aromatic rings. The lowest BCUT2D eigenvalue weighted by Gasteiger charge is -2.32. The molecule has 0 unspecified atom stereocenters. The molecule has 4 heteroatoms. The third-order valence-corrected chi connectivity index (χ3v) is 6.50. The molecule has 0 saturated carbocycles. The van der Waals surface area contributed by atoms with Gasteiger partial charge < -0.3 is 5.32 Å². The predicted molar refractivity (Wildman–Crippen MR) is 115 cm³/mol. The SMILES string of the molecule is CN[C@]1(C)c2ccccc2C[C@H](CCc2cccc(C(F)(F)F)c2)c2ccccc21. The van der Waals surface area contributed by atoms with Crippen molar-refractivity contribution in [3.8, 4) is 0 Å². The van der Waals surface area contributed by atoms with Crippen LogP contribution in [-0.4, -0.2) is 7.05 Å². The first-order valence-corrected chi connectivity index (χ1v) is 10.4. The van der Waals surface area contributed by atoms with Gasteiger partial charge in [0.2, 0.25) is 0 Å². The van der Waals surface area contributed by atoms with Gasteiger partial charge in [-0.1, -0.05) is 66.7 Å². The fraction of sp³-hybridized carbons (Fsp3) is 0.308. The highest BCUT2D eigenvalue weighted by molar-refractivity contribution is 5.50. The number of aryl methyl sites for hydroxylation is 1. The average Bonchev–Trinajstić information content (AvgIpc) is 2.86. The molecule has 0 saturated heterocycles. The Hall–Kier alpha value is -2.59. The highest BCUT2D eigenvalue weighted by Gasteiger charge is 2.36. The summed E-state index contributed by atoms with van der Waals surface area (Å²) in [4.78, 5) is 0. The van der Waals surface area contributed by atoms with Gasteiger partial charge in [-0.2, -0.15) is 13.2 Å². The Morgan fingerprint density at radius 1 is 0.933 bits per heavy atom. The summed E-state index contributed by atoms with van der Waals surface area (Å²) in [7, 11) is 1.98. The lowest BCUT2D eigenvalue weighted by Crippen LogP contribution is -2.38. The maximum Gasteiger partial charge on any atom is 0.416 e. The van der Waals surface area contributed by atoms with Crippen molar-refractivity contribution in [3.05, 3.63) is 106 Å². The van der Waals surface area contributed by atoms with Crippen molar-refractivity contribution in [3.63, 3.8) is 0 Å². The lowest BCUT2D eigenvalue weighted by molar-refractivity contribution is -0.137. The summed E-state index contributed by atoms with van der Waals surface area (Å²) < 4.78 is 39.3. The van der Waals surface area contributed by atoms with E-state index in [4.69, 9.17) is 0 Å². The minimum absolute atomic E-state index is 0.243. The van der Waals surface area contributed by atoms with Crippen LogP contribution in [0, 0.1) is 0 Å². The van der Waals surface area contributed by atoms with Crippen molar-refractivity contribution >= 4 is 0 Å². The number of benzene rings is 3. The quantitative estimate of drug-likeness (QED) is 0.521. The molecule has 0 heterocycles. The van der Waals surface area contributed by atoms with Crippen LogP contribution in [-0.2, 0) is 24.6 Å². The lowest BCUT2D eigenvalue weighted by atomic mass is 9.81. The fourth-order valence-electron chi connectivity index (χ4n) is 4.79. The molecule has 1 aliphatic rings. The molecule has 0 aromatic heterocycles. The van der Waals surface area contributed by atoms with Crippen LogP contribution in [0.2, 0.25) is 0 Å². The monoisotopic (exact) mass is 409 g/mol. The van der Waals surface area contributed by atoms with Crippen molar-refractivity contribution in [1.82, 2.24) is 5.32 Å². The number of rotatable bonds is 4. The highest BCUT2D eigenvalue weighted by Crippen LogP contribution is 2.42. The molecule has 1 nitrogen and oxygen atoms in total. The third-order valence-electron chi connectivity index (χ3n) is 6.50. The van der Waals surface area contributed by atoms with E-state index >= 15 is 0 Å². The summed E-state index contributed by atoms with van der Waals surface area (Å²) in [5, 5.41) is 3.53. The number of hydrogen-bond donors (Lipinski definition) is 1. The number of hydrogen-bond acceptors (Lipinski definition) is 1. The summed E-state index contributed by atoms with van der Waals surface area (Å²) in [6, 6.07) is 22.7. The van der Waals surface area contributed by atoms with E-state index in [-0.39, 0.29) is 11.5 Å². The van der Waals surface area contributed by atoms with Gasteiger partial charge in [0.1, 0.15) is 0 Å². The molecule has 0 radical (unpaired) electrons. The standard InChI is InChI=1S/C26H26F3N/c1-25(30-2)23-12-5-3-9-20(23)17-19(22-11-4-6-13-24(22)25)15-14-18-8-7-10-21(16-18)26(27,28)29/h3-13,16,19,30H,14-15,17H2,1-2H3/t19-,25+/m0/s1. The van der Waals surface area contributed by atoms with Crippen LogP contribution in [0.5, 0.6) is 0 Å². The maximum absolute atomic E-state index is 13.1. The van der Waals surface area contributed by atoms with E-state index in [0.29, 0.717) is 6.42 Å². The molecule has 1 N–H and O–H groups in total. The van der Waals surface area contributed by atoms with Crippen molar-refractivity contribution in [2.45, 2.75) is 43.8 Å². The Balaban J connectivity index is 1.70. The van der Waals surface area contributed by atoms with Crippen LogP contribution < -0.4 is 5.32 Å². The molecule has 0 fully saturated rings. The van der Waals surface area contributed by atoms with Gasteiger partial charge in [0.05, 0.1) is 11.1 Å². The normalized spacial score (nSPS) is 20.9. The summed E-state index contributed by atoms with van der Waals surface area (Å²) in [6.45, 7) is 2.21. The molecule has 156 valence electrons. The molecule has 30 heavy (non-hydrogen) atoms. The molecule has 3 aromatic carbocycles. The summed E-state index contributed by atoms with van der Waals surface area (Å²) in [5.74, 6) is 0.243. The zero-order valence-electron chi connectivity index (χ0n) is 17.3. The fourth-order valence-corrected chi connectivity index (χ4v) is 4.79. The summed E-state index contributed by atoms with van der Waals surface area (Å²) in [5.41, 5.74) is 4.92. The van der Waals surface area contributed by atoms with E-state index < -0.39 is 11.7 Å². The molecular weight excluding hydrogens is 383 g/mol. The van der Waals surface area contributed by atoms with E-state index in [0.717, 1.165) is 24.5 Å². The smallest absolute Gasteiger partial charge is 0.307 e. The van der Waals surface area contributed by atoms with Crippen LogP contribution in [0.3, 0.4) is 0 Å². The minimum atomic E-state index is -4.31. The first-order chi connectivity index (χ1) is 14.3. The van der Waals surface area contributed by atoms with Gasteiger partial charge in [-0.25, -0.2) is 0 Å². The van der Waals surface area contributed by atoms with E-state index in [1.54, 1.807) is 6.07 Å². The maximum atomic E-state index is 13.1. The number of alkyl halides is 3. The molecule has 0 spiro atoms. The van der Waals surface area contributed by atoms with Gasteiger partial charge in [0.25, 0.3) is 0 Å². The van der Waals surface area contributed by atoms with Crippen molar-refractivity contribution < 1.29 is 13.2 Å². The van der Waals surface area contributed by atoms with E-state index in [1.165, 1.54) is 34.4 Å². The molecular formula is C26H26F3N. The minimum Gasteiger partial charge on any atom is -0.307 e. The third kappa shape index (κ3) is 3.77. The zero-order valence-corrected chi connectivity index (χ0v) is 17.3. The molecule has 1 aliphatic carbocycles. The Bertz CT molecular complexity index is 1040. The van der Waals surface area contributed by atoms with Gasteiger partial charge >= 0.3 is 6.18 Å². The second kappa shape index (κ2) is 7.92. The Morgan fingerprint density at radius 2 is 1.63 bits per heavy atom. The number of nitrogens with one attached hydrogen (secondary N) is 1. The molecule has 4 rings (SSSR count). The molecule has 0 bridgehead atoms. The predicted octanol–water partition coefficient (Wildman–Crippen LogP) is 6.46. The van der Waals surface area contributed by atoms with Crippen LogP contribution in [0.4, 0.5) is 13.2 Å². The number of fused-ring (bicyclic) bond motifs is 2. The van der Waals surface area contributed by atoms with E-state index in [9.17, 15) is 13.2 Å². The first-order valence-electron chi connectivity index (χ1n) is 10.4. The second-order valence-corrected chi connectivity index (χ2v) is 8.26. The molecule has 0 amide bonds. The summed E-state index contributed by atoms with van der Waals surface area (Å²) >= 11 is 0. The van der Waals surface area contributed by atoms with E-state index in [2.05, 4.69) is 60.8 Å². The Labute approximate surface area is 176 Å². The van der Waals surface area contributed by atoms with Crippen LogP contribution in [0.1, 0.15) is 52.6 Å². The molecule has 0 aliphatic heterocycles. The molecule has 2 atom stereocenters. The summed E-state index contributed by atoms with van der Waals surface area (Å²) in [6.07, 6.45) is -2.02. The zero-order chi connectivity index (χ0) is 21.4. The largest absolute Gasteiger partial charge is 0.416 e. The van der Waals surface area contributed by atoms with Crippen LogP contribution >= 0.6 is 0 Å². The van der Waals surface area contributed by atoms with Gasteiger partial charge in [0.15, 0.2) is 0 Å². The van der Waals surface area contributed by atoms with Crippen molar-refractivity contribution in [2.24, 2.45) is 0 Å². The topological polar surface area (TPSA) is 12.0 Å². The Kier molecular flexibility index (Phi) is 5.46. The van der Waals surface area contributed by atoms with Gasteiger partial charge in [-0.3, -0.25) is 0 Å². The van der Waals surface area contributed by atoms with Gasteiger partial charge in [-0.05, 0) is 73.0 Å². The van der Waals surface area contributed by atoms with Gasteiger partial charge in [-0.15, -0.1) is 0 Å². The second-order valence-electron chi connectivity index (χ2n) is 8.26. The average molecular weight is 409 g/mol. The van der Waals surface area contributed by atoms with Gasteiger partial charge in [0, 0.05) is 0 Å². The van der Waals surface area contributed by atoms with E-state index in [1.807, 2.05) is 7.05 Å². The Morgan fingerprint density at radius 3 is 2.37 bits per heavy atom. The first kappa shape index (κ1) is 20.7.